The summed E-state index contributed by atoms with van der Waals surface area (Å²) in [6.45, 7) is 1.32. The zero-order valence-corrected chi connectivity index (χ0v) is 12.4. The van der Waals surface area contributed by atoms with Crippen LogP contribution < -0.4 is 16.8 Å². The average molecular weight is 302 g/mol. The van der Waals surface area contributed by atoms with Crippen molar-refractivity contribution in [2.45, 2.75) is 43.7 Å². The van der Waals surface area contributed by atoms with Crippen molar-refractivity contribution in [3.8, 4) is 0 Å². The van der Waals surface area contributed by atoms with Crippen molar-refractivity contribution in [2.75, 3.05) is 13.1 Å². The summed E-state index contributed by atoms with van der Waals surface area (Å²) in [5.74, 6) is -1.14. The lowest BCUT2D eigenvalue weighted by Crippen LogP contribution is -2.52. The predicted octanol–water partition coefficient (Wildman–Crippen LogP) is -1.43. The van der Waals surface area contributed by atoms with E-state index in [9.17, 15) is 14.4 Å². The Bertz CT molecular complexity index is 410. The zero-order valence-electron chi connectivity index (χ0n) is 11.4. The molecule has 3 amide bonds. The van der Waals surface area contributed by atoms with E-state index in [-0.39, 0.29) is 32.2 Å². The number of hydrogen-bond acceptors (Lipinski definition) is 4. The third-order valence-electron chi connectivity index (χ3n) is 4.06. The quantitative estimate of drug-likeness (QED) is 0.577. The molecule has 2 aliphatic heterocycles. The van der Waals surface area contributed by atoms with Gasteiger partial charge in [-0.2, -0.15) is 13.5 Å². The van der Waals surface area contributed by atoms with Crippen molar-refractivity contribution >= 4 is 31.2 Å². The Morgan fingerprint density at radius 2 is 2.05 bits per heavy atom. The minimum atomic E-state index is -0.734. The van der Waals surface area contributed by atoms with Gasteiger partial charge in [0.1, 0.15) is 6.04 Å². The molecule has 2 heterocycles. The first kappa shape index (κ1) is 16.8. The molecule has 0 aromatic heterocycles. The Labute approximate surface area is 124 Å². The van der Waals surface area contributed by atoms with Crippen LogP contribution in [0.4, 0.5) is 0 Å². The van der Waals surface area contributed by atoms with E-state index in [1.807, 2.05) is 0 Å². The van der Waals surface area contributed by atoms with E-state index in [1.54, 1.807) is 0 Å². The second-order valence-corrected chi connectivity index (χ2v) is 5.28. The van der Waals surface area contributed by atoms with Crippen LogP contribution >= 0.6 is 13.5 Å². The fourth-order valence-corrected chi connectivity index (χ4v) is 3.02. The molecule has 20 heavy (non-hydrogen) atoms. The maximum absolute atomic E-state index is 12.5. The van der Waals surface area contributed by atoms with Crippen molar-refractivity contribution in [2.24, 2.45) is 11.5 Å². The zero-order chi connectivity index (χ0) is 14.0. The molecule has 114 valence electrons. The van der Waals surface area contributed by atoms with Crippen LogP contribution in [0.15, 0.2) is 0 Å². The fraction of sp³-hybridized carbons (Fsp3) is 0.750. The van der Waals surface area contributed by atoms with Gasteiger partial charge in [0, 0.05) is 13.0 Å². The van der Waals surface area contributed by atoms with Gasteiger partial charge < -0.3 is 21.7 Å². The molecule has 0 aromatic rings. The topological polar surface area (TPSA) is 119 Å². The maximum Gasteiger partial charge on any atom is 0.243 e. The molecule has 8 heteroatoms. The largest absolute Gasteiger partial charge is 0.370 e. The summed E-state index contributed by atoms with van der Waals surface area (Å²) >= 11 is 0. The summed E-state index contributed by atoms with van der Waals surface area (Å²) in [6.07, 6.45) is 2.70. The summed E-state index contributed by atoms with van der Waals surface area (Å²) in [4.78, 5) is 36.3. The number of rotatable bonds is 5. The van der Waals surface area contributed by atoms with E-state index < -0.39 is 23.4 Å². The number of likely N-dealkylation sites (tertiary alicyclic amines) is 1. The van der Waals surface area contributed by atoms with E-state index in [4.69, 9.17) is 11.5 Å². The molecule has 2 rings (SSSR count). The third-order valence-corrected chi connectivity index (χ3v) is 4.06. The monoisotopic (exact) mass is 302 g/mol. The Balaban J connectivity index is 0.00000200. The van der Waals surface area contributed by atoms with Crippen LogP contribution in [0, 0.1) is 0 Å². The number of amides is 3. The van der Waals surface area contributed by atoms with Crippen LogP contribution in [-0.4, -0.2) is 47.3 Å². The van der Waals surface area contributed by atoms with Crippen LogP contribution in [0.5, 0.6) is 0 Å². The standard InChI is InChI=1S/C12H20N4O3.H2S/c13-9(17)3-2-8(10(14)18)16-7-5-12(11(16)19)4-1-6-15-12;/h8,15H,1-7H2,(H2,13,17)(H2,14,18);1H2/t8-,12?;/m0./s1. The number of primary amides is 2. The van der Waals surface area contributed by atoms with Crippen LogP contribution in [0.25, 0.3) is 0 Å². The van der Waals surface area contributed by atoms with Gasteiger partial charge in [0.2, 0.25) is 17.7 Å². The summed E-state index contributed by atoms with van der Waals surface area (Å²) < 4.78 is 0. The molecule has 2 aliphatic rings. The summed E-state index contributed by atoms with van der Waals surface area (Å²) in [5.41, 5.74) is 9.92. The van der Waals surface area contributed by atoms with Crippen LogP contribution in [0.2, 0.25) is 0 Å². The van der Waals surface area contributed by atoms with Gasteiger partial charge in [0.25, 0.3) is 0 Å². The Morgan fingerprint density at radius 1 is 1.35 bits per heavy atom. The highest BCUT2D eigenvalue weighted by Gasteiger charge is 2.50. The highest BCUT2D eigenvalue weighted by Crippen LogP contribution is 2.33. The smallest absolute Gasteiger partial charge is 0.243 e. The second kappa shape index (κ2) is 6.45. The van der Waals surface area contributed by atoms with Gasteiger partial charge in [-0.3, -0.25) is 14.4 Å². The first-order valence-electron chi connectivity index (χ1n) is 6.60. The van der Waals surface area contributed by atoms with Crippen molar-refractivity contribution in [3.05, 3.63) is 0 Å². The number of carbonyl (C=O) groups is 3. The molecular weight excluding hydrogens is 280 g/mol. The van der Waals surface area contributed by atoms with Crippen molar-refractivity contribution in [3.63, 3.8) is 0 Å². The van der Waals surface area contributed by atoms with Gasteiger partial charge in [-0.05, 0) is 32.2 Å². The molecule has 1 unspecified atom stereocenters. The lowest BCUT2D eigenvalue weighted by molar-refractivity contribution is -0.140. The summed E-state index contributed by atoms with van der Waals surface area (Å²) in [5, 5.41) is 3.24. The lowest BCUT2D eigenvalue weighted by atomic mass is 9.96. The molecule has 0 bridgehead atoms. The lowest BCUT2D eigenvalue weighted by Gasteiger charge is -2.28. The second-order valence-electron chi connectivity index (χ2n) is 5.28. The first-order chi connectivity index (χ1) is 8.96. The highest BCUT2D eigenvalue weighted by atomic mass is 32.1. The van der Waals surface area contributed by atoms with Crippen LogP contribution in [0.1, 0.15) is 32.1 Å². The van der Waals surface area contributed by atoms with Crippen molar-refractivity contribution < 1.29 is 14.4 Å². The third kappa shape index (κ3) is 3.06. The average Bonchev–Trinajstić information content (AvgIpc) is 2.92. The van der Waals surface area contributed by atoms with Crippen LogP contribution in [-0.2, 0) is 14.4 Å². The molecule has 0 aromatic carbocycles. The predicted molar refractivity (Wildman–Crippen MR) is 78.1 cm³/mol. The van der Waals surface area contributed by atoms with Gasteiger partial charge in [0.05, 0.1) is 5.54 Å². The Kier molecular flexibility index (Phi) is 5.41. The number of nitrogens with two attached hydrogens (primary N) is 2. The molecular formula is C12H22N4O3S. The fourth-order valence-electron chi connectivity index (χ4n) is 3.02. The Morgan fingerprint density at radius 3 is 2.55 bits per heavy atom. The minimum Gasteiger partial charge on any atom is -0.370 e. The SMILES string of the molecule is NC(=O)CC[C@@H](C(N)=O)N1CCC2(CCCN2)C1=O.S. The van der Waals surface area contributed by atoms with Crippen molar-refractivity contribution in [1.29, 1.82) is 0 Å². The van der Waals surface area contributed by atoms with Crippen LogP contribution in [0.3, 0.4) is 0 Å². The number of carbonyl (C=O) groups excluding carboxylic acids is 3. The number of nitrogens with one attached hydrogen (secondary N) is 1. The molecule has 2 saturated heterocycles. The molecule has 0 aliphatic carbocycles. The Hall–Kier alpha value is -1.28. The normalized spacial score (nSPS) is 26.6. The van der Waals surface area contributed by atoms with E-state index in [2.05, 4.69) is 5.32 Å². The van der Waals surface area contributed by atoms with E-state index >= 15 is 0 Å². The molecule has 7 nitrogen and oxygen atoms in total. The van der Waals surface area contributed by atoms with Gasteiger partial charge in [-0.1, -0.05) is 0 Å². The molecule has 0 saturated carbocycles. The minimum absolute atomic E-state index is 0. The van der Waals surface area contributed by atoms with Crippen molar-refractivity contribution in [1.82, 2.24) is 10.2 Å². The molecule has 0 radical (unpaired) electrons. The molecule has 2 fully saturated rings. The number of nitrogens with zero attached hydrogens (tertiary/aromatic N) is 1. The molecule has 2 atom stereocenters. The summed E-state index contributed by atoms with van der Waals surface area (Å²) in [6, 6.07) is -0.734. The molecule has 5 N–H and O–H groups in total. The van der Waals surface area contributed by atoms with E-state index in [0.717, 1.165) is 19.4 Å². The summed E-state index contributed by atoms with van der Waals surface area (Å²) in [7, 11) is 0. The van der Waals surface area contributed by atoms with Gasteiger partial charge in [-0.15, -0.1) is 0 Å². The van der Waals surface area contributed by atoms with Gasteiger partial charge in [0.15, 0.2) is 0 Å². The van der Waals surface area contributed by atoms with Gasteiger partial charge >= 0.3 is 0 Å². The number of hydrogen-bond donors (Lipinski definition) is 3. The first-order valence-corrected chi connectivity index (χ1v) is 6.60. The van der Waals surface area contributed by atoms with Gasteiger partial charge in [-0.25, -0.2) is 0 Å². The van der Waals surface area contributed by atoms with E-state index in [1.165, 1.54) is 4.90 Å². The van der Waals surface area contributed by atoms with E-state index in [0.29, 0.717) is 13.0 Å². The molecule has 1 spiro atoms. The maximum atomic E-state index is 12.5. The highest BCUT2D eigenvalue weighted by molar-refractivity contribution is 7.59.